The Morgan fingerprint density at radius 3 is 2.31 bits per heavy atom. The van der Waals surface area contributed by atoms with Gasteiger partial charge in [0.15, 0.2) is 0 Å². The van der Waals surface area contributed by atoms with Gasteiger partial charge in [0.05, 0.1) is 11.3 Å². The molecule has 4 heteroatoms. The standard InChI is InChI=1S/C12H10N4/c1-8-3-12(16-5-10(8)4-13)11-6-14-9(2)15-7-11/h3,5-7H,1-2H3. The van der Waals surface area contributed by atoms with Crippen LogP contribution in [-0.4, -0.2) is 15.0 Å². The van der Waals surface area contributed by atoms with Gasteiger partial charge in [0.25, 0.3) is 0 Å². The highest BCUT2D eigenvalue weighted by Crippen LogP contribution is 2.17. The molecule has 0 aliphatic carbocycles. The lowest BCUT2D eigenvalue weighted by atomic mass is 10.1. The van der Waals surface area contributed by atoms with Crippen molar-refractivity contribution in [2.75, 3.05) is 0 Å². The lowest BCUT2D eigenvalue weighted by molar-refractivity contribution is 1.05. The van der Waals surface area contributed by atoms with E-state index in [-0.39, 0.29) is 0 Å². The first-order valence-electron chi connectivity index (χ1n) is 4.86. The second kappa shape index (κ2) is 4.07. The maximum absolute atomic E-state index is 8.80. The molecule has 0 aromatic carbocycles. The van der Waals surface area contributed by atoms with Crippen LogP contribution < -0.4 is 0 Å². The number of aromatic nitrogens is 3. The monoisotopic (exact) mass is 210 g/mol. The molecular formula is C12H10N4. The van der Waals surface area contributed by atoms with Crippen LogP contribution in [0.2, 0.25) is 0 Å². The molecule has 0 amide bonds. The summed E-state index contributed by atoms with van der Waals surface area (Å²) in [6, 6.07) is 3.96. The zero-order valence-electron chi connectivity index (χ0n) is 9.10. The highest BCUT2D eigenvalue weighted by atomic mass is 14.9. The lowest BCUT2D eigenvalue weighted by Gasteiger charge is -2.02. The van der Waals surface area contributed by atoms with Gasteiger partial charge in [0.2, 0.25) is 0 Å². The van der Waals surface area contributed by atoms with Gasteiger partial charge in [-0.25, -0.2) is 9.97 Å². The summed E-state index contributed by atoms with van der Waals surface area (Å²) in [7, 11) is 0. The second-order valence-electron chi connectivity index (χ2n) is 3.52. The predicted molar refractivity (Wildman–Crippen MR) is 59.5 cm³/mol. The molecule has 0 atom stereocenters. The Kier molecular flexibility index (Phi) is 2.61. The fraction of sp³-hybridized carbons (Fsp3) is 0.167. The molecule has 16 heavy (non-hydrogen) atoms. The largest absolute Gasteiger partial charge is 0.255 e. The average Bonchev–Trinajstić information content (AvgIpc) is 2.30. The van der Waals surface area contributed by atoms with Crippen LogP contribution in [0, 0.1) is 25.2 Å². The van der Waals surface area contributed by atoms with Crippen molar-refractivity contribution in [3.05, 3.63) is 41.6 Å². The molecule has 0 saturated carbocycles. The molecule has 0 spiro atoms. The minimum atomic E-state index is 0.594. The van der Waals surface area contributed by atoms with Gasteiger partial charge in [-0.05, 0) is 25.5 Å². The van der Waals surface area contributed by atoms with E-state index in [0.29, 0.717) is 5.56 Å². The zero-order chi connectivity index (χ0) is 11.5. The maximum Gasteiger partial charge on any atom is 0.125 e. The molecule has 0 aliphatic rings. The van der Waals surface area contributed by atoms with Crippen molar-refractivity contribution in [1.82, 2.24) is 15.0 Å². The van der Waals surface area contributed by atoms with Crippen LogP contribution in [0.15, 0.2) is 24.7 Å². The minimum Gasteiger partial charge on any atom is -0.255 e. The van der Waals surface area contributed by atoms with Gasteiger partial charge in [-0.15, -0.1) is 0 Å². The highest BCUT2D eigenvalue weighted by molar-refractivity contribution is 5.58. The Morgan fingerprint density at radius 1 is 1.06 bits per heavy atom. The van der Waals surface area contributed by atoms with E-state index in [1.54, 1.807) is 18.6 Å². The third-order valence-corrected chi connectivity index (χ3v) is 2.31. The van der Waals surface area contributed by atoms with Crippen molar-refractivity contribution in [3.63, 3.8) is 0 Å². The van der Waals surface area contributed by atoms with Crippen LogP contribution in [0.3, 0.4) is 0 Å². The van der Waals surface area contributed by atoms with Gasteiger partial charge < -0.3 is 0 Å². The molecule has 4 nitrogen and oxygen atoms in total. The van der Waals surface area contributed by atoms with E-state index in [9.17, 15) is 0 Å². The fourth-order valence-corrected chi connectivity index (χ4v) is 1.36. The van der Waals surface area contributed by atoms with Crippen molar-refractivity contribution >= 4 is 0 Å². The average molecular weight is 210 g/mol. The Bertz CT molecular complexity index is 552. The molecule has 2 aromatic rings. The van der Waals surface area contributed by atoms with Crippen LogP contribution in [0.5, 0.6) is 0 Å². The first kappa shape index (κ1) is 10.2. The van der Waals surface area contributed by atoms with Gasteiger partial charge in [-0.1, -0.05) is 0 Å². The molecular weight excluding hydrogens is 200 g/mol. The molecule has 0 N–H and O–H groups in total. The third-order valence-electron chi connectivity index (χ3n) is 2.31. The smallest absolute Gasteiger partial charge is 0.125 e. The highest BCUT2D eigenvalue weighted by Gasteiger charge is 2.03. The quantitative estimate of drug-likeness (QED) is 0.722. The van der Waals surface area contributed by atoms with Crippen molar-refractivity contribution in [2.24, 2.45) is 0 Å². The van der Waals surface area contributed by atoms with E-state index in [1.807, 2.05) is 19.9 Å². The van der Waals surface area contributed by atoms with Crippen LogP contribution in [0.25, 0.3) is 11.3 Å². The van der Waals surface area contributed by atoms with E-state index in [2.05, 4.69) is 21.0 Å². The van der Waals surface area contributed by atoms with Gasteiger partial charge in [-0.2, -0.15) is 5.26 Å². The summed E-state index contributed by atoms with van der Waals surface area (Å²) in [5.41, 5.74) is 3.15. The molecule has 0 saturated heterocycles. The summed E-state index contributed by atoms with van der Waals surface area (Å²) in [4.78, 5) is 12.4. The molecule has 2 heterocycles. The first-order chi connectivity index (χ1) is 7.70. The van der Waals surface area contributed by atoms with Crippen molar-refractivity contribution in [3.8, 4) is 17.3 Å². The number of hydrogen-bond acceptors (Lipinski definition) is 4. The molecule has 2 rings (SSSR count). The molecule has 2 aromatic heterocycles. The van der Waals surface area contributed by atoms with Gasteiger partial charge in [-0.3, -0.25) is 4.98 Å². The summed E-state index contributed by atoms with van der Waals surface area (Å²) in [5, 5.41) is 8.80. The zero-order valence-corrected chi connectivity index (χ0v) is 9.10. The predicted octanol–water partition coefficient (Wildman–Crippen LogP) is 2.03. The molecule has 0 unspecified atom stereocenters. The number of nitriles is 1. The Morgan fingerprint density at radius 2 is 1.75 bits per heavy atom. The van der Waals surface area contributed by atoms with Crippen LogP contribution in [0.4, 0.5) is 0 Å². The van der Waals surface area contributed by atoms with Gasteiger partial charge in [0, 0.05) is 24.2 Å². The number of aryl methyl sites for hydroxylation is 2. The Balaban J connectivity index is 2.46. The third kappa shape index (κ3) is 1.89. The fourth-order valence-electron chi connectivity index (χ4n) is 1.36. The Hall–Kier alpha value is -2.28. The van der Waals surface area contributed by atoms with Crippen molar-refractivity contribution in [1.29, 1.82) is 5.26 Å². The SMILES string of the molecule is Cc1ncc(-c2cc(C)c(C#N)cn2)cn1. The number of pyridine rings is 1. The second-order valence-corrected chi connectivity index (χ2v) is 3.52. The van der Waals surface area contributed by atoms with Crippen LogP contribution in [0.1, 0.15) is 17.0 Å². The summed E-state index contributed by atoms with van der Waals surface area (Å²) in [6.07, 6.45) is 5.04. The van der Waals surface area contributed by atoms with Gasteiger partial charge in [0.1, 0.15) is 11.9 Å². The van der Waals surface area contributed by atoms with E-state index in [0.717, 1.165) is 22.6 Å². The molecule has 78 valence electrons. The van der Waals surface area contributed by atoms with Crippen LogP contribution >= 0.6 is 0 Å². The van der Waals surface area contributed by atoms with Crippen molar-refractivity contribution < 1.29 is 0 Å². The number of rotatable bonds is 1. The summed E-state index contributed by atoms with van der Waals surface area (Å²) in [6.45, 7) is 3.72. The summed E-state index contributed by atoms with van der Waals surface area (Å²) in [5.74, 6) is 0.731. The summed E-state index contributed by atoms with van der Waals surface area (Å²) < 4.78 is 0. The molecule has 0 bridgehead atoms. The minimum absolute atomic E-state index is 0.594. The van der Waals surface area contributed by atoms with Gasteiger partial charge >= 0.3 is 0 Å². The number of nitrogens with zero attached hydrogens (tertiary/aromatic N) is 4. The Labute approximate surface area is 93.6 Å². The molecule has 0 radical (unpaired) electrons. The summed E-state index contributed by atoms with van der Waals surface area (Å²) >= 11 is 0. The normalized spacial score (nSPS) is 9.81. The maximum atomic E-state index is 8.80. The van der Waals surface area contributed by atoms with E-state index < -0.39 is 0 Å². The van der Waals surface area contributed by atoms with Crippen molar-refractivity contribution in [2.45, 2.75) is 13.8 Å². The molecule has 0 fully saturated rings. The molecule has 0 aliphatic heterocycles. The number of hydrogen-bond donors (Lipinski definition) is 0. The van der Waals surface area contributed by atoms with E-state index in [1.165, 1.54) is 0 Å². The lowest BCUT2D eigenvalue weighted by Crippen LogP contribution is -1.92. The van der Waals surface area contributed by atoms with E-state index >= 15 is 0 Å². The van der Waals surface area contributed by atoms with E-state index in [4.69, 9.17) is 5.26 Å². The van der Waals surface area contributed by atoms with Crippen LogP contribution in [-0.2, 0) is 0 Å². The topological polar surface area (TPSA) is 62.5 Å². The first-order valence-corrected chi connectivity index (χ1v) is 4.86.